The van der Waals surface area contributed by atoms with Crippen molar-refractivity contribution in [1.82, 2.24) is 10.3 Å². The van der Waals surface area contributed by atoms with Crippen LogP contribution in [0.5, 0.6) is 0 Å². The summed E-state index contributed by atoms with van der Waals surface area (Å²) in [4.78, 5) is 3.98. The van der Waals surface area contributed by atoms with Gasteiger partial charge in [-0.25, -0.2) is 0 Å². The minimum absolute atomic E-state index is 0.781. The van der Waals surface area contributed by atoms with E-state index >= 15 is 0 Å². The van der Waals surface area contributed by atoms with E-state index in [1.54, 1.807) is 12.4 Å². The van der Waals surface area contributed by atoms with E-state index in [1.807, 2.05) is 30.3 Å². The van der Waals surface area contributed by atoms with Crippen LogP contribution in [0.1, 0.15) is 11.1 Å². The van der Waals surface area contributed by atoms with Gasteiger partial charge in [-0.3, -0.25) is 4.98 Å². The van der Waals surface area contributed by atoms with Gasteiger partial charge in [0.15, 0.2) is 0 Å². The Bertz CT molecular complexity index is 443. The number of benzene rings is 1. The van der Waals surface area contributed by atoms with E-state index in [0.29, 0.717) is 0 Å². The van der Waals surface area contributed by atoms with Crippen LogP contribution >= 0.6 is 11.6 Å². The van der Waals surface area contributed by atoms with E-state index in [0.717, 1.165) is 18.1 Å². The number of aromatic nitrogens is 1. The normalized spacial score (nSPS) is 10.3. The molecule has 1 N–H and O–H groups in total. The Hall–Kier alpha value is -1.38. The van der Waals surface area contributed by atoms with Crippen molar-refractivity contribution in [3.8, 4) is 0 Å². The Balaban J connectivity index is 1.85. The maximum Gasteiger partial charge on any atom is 0.0409 e. The summed E-state index contributed by atoms with van der Waals surface area (Å²) >= 11 is 5.90. The van der Waals surface area contributed by atoms with Crippen LogP contribution in [-0.4, -0.2) is 4.98 Å². The fraction of sp³-hybridized carbons (Fsp3) is 0.154. The molecule has 3 heteroatoms. The first-order chi connectivity index (χ1) is 7.84. The standard InChI is InChI=1S/C13H13ClN2/c14-13-3-1-2-12(8-13)10-16-9-11-4-6-15-7-5-11/h1-8,16H,9-10H2. The second-order valence-corrected chi connectivity index (χ2v) is 4.03. The fourth-order valence-corrected chi connectivity index (χ4v) is 1.71. The van der Waals surface area contributed by atoms with E-state index in [-0.39, 0.29) is 0 Å². The summed E-state index contributed by atoms with van der Waals surface area (Å²) in [7, 11) is 0. The maximum atomic E-state index is 5.90. The zero-order valence-corrected chi connectivity index (χ0v) is 9.61. The smallest absolute Gasteiger partial charge is 0.0409 e. The van der Waals surface area contributed by atoms with Crippen LogP contribution < -0.4 is 5.32 Å². The van der Waals surface area contributed by atoms with Crippen LogP contribution in [0.4, 0.5) is 0 Å². The molecule has 1 heterocycles. The SMILES string of the molecule is Clc1cccc(CNCc2ccncc2)c1. The summed E-state index contributed by atoms with van der Waals surface area (Å²) in [6, 6.07) is 11.9. The molecule has 1 aromatic carbocycles. The van der Waals surface area contributed by atoms with Crippen molar-refractivity contribution < 1.29 is 0 Å². The third-order valence-corrected chi connectivity index (χ3v) is 2.53. The molecule has 0 aliphatic heterocycles. The summed E-state index contributed by atoms with van der Waals surface area (Å²) in [5, 5.41) is 4.14. The van der Waals surface area contributed by atoms with Crippen LogP contribution in [0, 0.1) is 0 Å². The molecule has 2 nitrogen and oxygen atoms in total. The summed E-state index contributed by atoms with van der Waals surface area (Å²) in [6.07, 6.45) is 3.60. The van der Waals surface area contributed by atoms with Gasteiger partial charge in [0.05, 0.1) is 0 Å². The molecule has 2 aromatic rings. The molecule has 0 fully saturated rings. The van der Waals surface area contributed by atoms with E-state index in [1.165, 1.54) is 11.1 Å². The molecule has 1 aromatic heterocycles. The lowest BCUT2D eigenvalue weighted by Gasteiger charge is -2.05. The highest BCUT2D eigenvalue weighted by atomic mass is 35.5. The lowest BCUT2D eigenvalue weighted by molar-refractivity contribution is 0.693. The van der Waals surface area contributed by atoms with Crippen LogP contribution in [0.25, 0.3) is 0 Å². The van der Waals surface area contributed by atoms with Gasteiger partial charge in [0, 0.05) is 30.5 Å². The van der Waals surface area contributed by atoms with Gasteiger partial charge >= 0.3 is 0 Å². The molecule has 0 atom stereocenters. The molecule has 0 aliphatic rings. The minimum atomic E-state index is 0.781. The van der Waals surface area contributed by atoms with Gasteiger partial charge in [0.1, 0.15) is 0 Å². The van der Waals surface area contributed by atoms with Crippen molar-refractivity contribution in [1.29, 1.82) is 0 Å². The largest absolute Gasteiger partial charge is 0.309 e. The summed E-state index contributed by atoms with van der Waals surface area (Å²) in [5.41, 5.74) is 2.43. The molecular formula is C13H13ClN2. The molecule has 0 amide bonds. The molecule has 0 saturated heterocycles. The van der Waals surface area contributed by atoms with E-state index < -0.39 is 0 Å². The van der Waals surface area contributed by atoms with E-state index in [4.69, 9.17) is 11.6 Å². The maximum absolute atomic E-state index is 5.90. The van der Waals surface area contributed by atoms with Crippen molar-refractivity contribution in [3.63, 3.8) is 0 Å². The second kappa shape index (κ2) is 5.64. The van der Waals surface area contributed by atoms with Gasteiger partial charge in [-0.15, -0.1) is 0 Å². The van der Waals surface area contributed by atoms with Crippen LogP contribution in [0.15, 0.2) is 48.8 Å². The molecule has 82 valence electrons. The van der Waals surface area contributed by atoms with Gasteiger partial charge in [0.25, 0.3) is 0 Å². The predicted molar refractivity (Wildman–Crippen MR) is 66.2 cm³/mol. The van der Waals surface area contributed by atoms with E-state index in [2.05, 4.69) is 16.4 Å². The molecular weight excluding hydrogens is 220 g/mol. The highest BCUT2D eigenvalue weighted by molar-refractivity contribution is 6.30. The summed E-state index contributed by atoms with van der Waals surface area (Å²) < 4.78 is 0. The highest BCUT2D eigenvalue weighted by Gasteiger charge is 1.94. The first kappa shape index (κ1) is 11.1. The first-order valence-corrected chi connectivity index (χ1v) is 5.56. The average Bonchev–Trinajstić information content (AvgIpc) is 2.30. The number of hydrogen-bond donors (Lipinski definition) is 1. The molecule has 0 bridgehead atoms. The Morgan fingerprint density at radius 1 is 1.00 bits per heavy atom. The molecule has 0 spiro atoms. The van der Waals surface area contributed by atoms with Crippen LogP contribution in [-0.2, 0) is 13.1 Å². The van der Waals surface area contributed by atoms with Crippen molar-refractivity contribution in [3.05, 3.63) is 64.9 Å². The number of halogens is 1. The number of nitrogens with zero attached hydrogens (tertiary/aromatic N) is 1. The molecule has 0 radical (unpaired) electrons. The fourth-order valence-electron chi connectivity index (χ4n) is 1.50. The lowest BCUT2D eigenvalue weighted by atomic mass is 10.2. The molecule has 0 unspecified atom stereocenters. The molecule has 0 aliphatic carbocycles. The Morgan fingerprint density at radius 3 is 2.50 bits per heavy atom. The monoisotopic (exact) mass is 232 g/mol. The number of hydrogen-bond acceptors (Lipinski definition) is 2. The topological polar surface area (TPSA) is 24.9 Å². The van der Waals surface area contributed by atoms with Crippen LogP contribution in [0.3, 0.4) is 0 Å². The van der Waals surface area contributed by atoms with Crippen molar-refractivity contribution in [2.45, 2.75) is 13.1 Å². The van der Waals surface area contributed by atoms with Crippen LogP contribution in [0.2, 0.25) is 5.02 Å². The lowest BCUT2D eigenvalue weighted by Crippen LogP contribution is -2.12. The van der Waals surface area contributed by atoms with Gasteiger partial charge in [-0.2, -0.15) is 0 Å². The van der Waals surface area contributed by atoms with Gasteiger partial charge in [-0.1, -0.05) is 23.7 Å². The second-order valence-electron chi connectivity index (χ2n) is 3.59. The predicted octanol–water partition coefficient (Wildman–Crippen LogP) is 3.02. The summed E-state index contributed by atoms with van der Waals surface area (Å²) in [6.45, 7) is 1.66. The molecule has 16 heavy (non-hydrogen) atoms. The average molecular weight is 233 g/mol. The van der Waals surface area contributed by atoms with Crippen molar-refractivity contribution in [2.75, 3.05) is 0 Å². The summed E-state index contributed by atoms with van der Waals surface area (Å²) in [5.74, 6) is 0. The van der Waals surface area contributed by atoms with Crippen molar-refractivity contribution in [2.24, 2.45) is 0 Å². The van der Waals surface area contributed by atoms with Gasteiger partial charge < -0.3 is 5.32 Å². The Kier molecular flexibility index (Phi) is 3.91. The third-order valence-electron chi connectivity index (χ3n) is 2.30. The zero-order valence-electron chi connectivity index (χ0n) is 8.86. The zero-order chi connectivity index (χ0) is 11.2. The van der Waals surface area contributed by atoms with E-state index in [9.17, 15) is 0 Å². The molecule has 2 rings (SSSR count). The minimum Gasteiger partial charge on any atom is -0.309 e. The Morgan fingerprint density at radius 2 is 1.75 bits per heavy atom. The Labute approximate surface area is 100 Å². The number of rotatable bonds is 4. The quantitative estimate of drug-likeness (QED) is 0.877. The molecule has 0 saturated carbocycles. The third kappa shape index (κ3) is 3.33. The highest BCUT2D eigenvalue weighted by Crippen LogP contribution is 2.10. The first-order valence-electron chi connectivity index (χ1n) is 5.18. The number of nitrogens with one attached hydrogen (secondary N) is 1. The van der Waals surface area contributed by atoms with Gasteiger partial charge in [-0.05, 0) is 35.4 Å². The number of pyridine rings is 1. The van der Waals surface area contributed by atoms with Gasteiger partial charge in [0.2, 0.25) is 0 Å². The van der Waals surface area contributed by atoms with Crippen molar-refractivity contribution >= 4 is 11.6 Å².